The van der Waals surface area contributed by atoms with E-state index in [4.69, 9.17) is 25.4 Å². The smallest absolute Gasteiger partial charge is 0.202 e. The Kier molecular flexibility index (Phi) is 16.8. The summed E-state index contributed by atoms with van der Waals surface area (Å²) in [6.45, 7) is 14.2. The van der Waals surface area contributed by atoms with Crippen molar-refractivity contribution in [3.05, 3.63) is 76.4 Å². The summed E-state index contributed by atoms with van der Waals surface area (Å²) in [4.78, 5) is 38.2. The van der Waals surface area contributed by atoms with Crippen LogP contribution >= 0.6 is 0 Å². The van der Waals surface area contributed by atoms with Crippen LogP contribution in [0.1, 0.15) is 97.4 Å². The lowest BCUT2D eigenvalue weighted by Crippen LogP contribution is -2.51. The normalized spacial score (nSPS) is 23.5. The highest BCUT2D eigenvalue weighted by molar-refractivity contribution is 6.31. The van der Waals surface area contributed by atoms with E-state index in [0.717, 1.165) is 0 Å². The molecule has 12 heteroatoms. The Bertz CT molecular complexity index is 1460. The predicted octanol–water partition coefficient (Wildman–Crippen LogP) is 3.27. The maximum Gasteiger partial charge on any atom is 0.202 e. The van der Waals surface area contributed by atoms with Gasteiger partial charge in [0.15, 0.2) is 17.9 Å². The Morgan fingerprint density at radius 2 is 1.65 bits per heavy atom. The highest BCUT2D eigenvalue weighted by Crippen LogP contribution is 2.48. The van der Waals surface area contributed by atoms with Crippen LogP contribution in [0.5, 0.6) is 17.2 Å². The summed E-state index contributed by atoms with van der Waals surface area (Å²) in [5, 5.41) is 59.5. The molecule has 0 amide bonds. The van der Waals surface area contributed by atoms with Crippen LogP contribution < -0.4 is 10.5 Å². The third-order valence-corrected chi connectivity index (χ3v) is 7.85. The van der Waals surface area contributed by atoms with Gasteiger partial charge in [0.25, 0.3) is 0 Å². The first-order valence-electron chi connectivity index (χ1n) is 16.0. The average Bonchev–Trinajstić information content (AvgIpc) is 3.09. The number of nitrogens with two attached hydrogens (primary N) is 1. The van der Waals surface area contributed by atoms with Crippen molar-refractivity contribution in [1.29, 1.82) is 0 Å². The van der Waals surface area contributed by atoms with E-state index in [1.54, 1.807) is 13.0 Å². The third-order valence-electron chi connectivity index (χ3n) is 7.85. The van der Waals surface area contributed by atoms with Gasteiger partial charge in [-0.25, -0.2) is 0 Å². The molecule has 8 N–H and O–H groups in total. The quantitative estimate of drug-likeness (QED) is 0.157. The van der Waals surface area contributed by atoms with E-state index in [1.807, 2.05) is 46.8 Å². The number of hydrogen-bond acceptors (Lipinski definition) is 12. The molecule has 0 aromatic heterocycles. The number of methoxy groups -OCH3 is 1. The Morgan fingerprint density at radius 3 is 2.15 bits per heavy atom. The van der Waals surface area contributed by atoms with Gasteiger partial charge in [0.2, 0.25) is 5.78 Å². The lowest BCUT2D eigenvalue weighted by molar-refractivity contribution is -0.198. The number of allylic oxidation sites excluding steroid dienone is 3. The largest absolute Gasteiger partial charge is 0.507 e. The van der Waals surface area contributed by atoms with Gasteiger partial charge in [-0.2, -0.15) is 0 Å². The molecule has 2 aliphatic carbocycles. The monoisotopic (exact) mass is 673 g/mol. The molecule has 3 aliphatic rings. The molecule has 1 aliphatic heterocycles. The molecule has 2 aromatic carbocycles. The van der Waals surface area contributed by atoms with E-state index in [2.05, 4.69) is 6.58 Å². The molecule has 48 heavy (non-hydrogen) atoms. The van der Waals surface area contributed by atoms with E-state index in [9.17, 15) is 34.8 Å². The standard InChI is InChI=1S/C21H18O8.C6H13NO3.C5H8.2C2H6/c1-29-12-4-2-3-10-14(12)20(27)16-15(18(10)25)19(26)11-7-21(28,13(23)8-22)6-5-9(11)17(16)24;1-3-6(9)4(7)2-5(8)10-3;1-3-5-4-2;2*1-2/h2-4,22,24,26,28H,5-8H2,1H3;3-6,8-9H,2,7H2,1H3;3-5H,1H2,2H3;2*1-2H3/b;;5-4+;;/t21-;;;;/m1..../s1. The van der Waals surface area contributed by atoms with E-state index in [0.29, 0.717) is 6.42 Å². The van der Waals surface area contributed by atoms with Gasteiger partial charge in [0.05, 0.1) is 36.0 Å². The van der Waals surface area contributed by atoms with Crippen molar-refractivity contribution in [3.8, 4) is 17.2 Å². The van der Waals surface area contributed by atoms with Gasteiger partial charge < -0.3 is 45.8 Å². The summed E-state index contributed by atoms with van der Waals surface area (Å²) in [5.41, 5.74) is 3.09. The number of aromatic hydroxyl groups is 2. The van der Waals surface area contributed by atoms with Gasteiger partial charge in [0, 0.05) is 35.6 Å². The van der Waals surface area contributed by atoms with Crippen LogP contribution in [0.4, 0.5) is 0 Å². The highest BCUT2D eigenvalue weighted by Gasteiger charge is 2.45. The van der Waals surface area contributed by atoms with Crippen LogP contribution in [0.3, 0.4) is 0 Å². The van der Waals surface area contributed by atoms with E-state index in [1.165, 1.54) is 25.3 Å². The minimum Gasteiger partial charge on any atom is -0.507 e. The van der Waals surface area contributed by atoms with Crippen molar-refractivity contribution in [2.75, 3.05) is 13.7 Å². The number of carbonyl (C=O) groups is 3. The molecule has 1 fully saturated rings. The van der Waals surface area contributed by atoms with Crippen LogP contribution in [0, 0.1) is 0 Å². The zero-order chi connectivity index (χ0) is 36.9. The predicted molar refractivity (Wildman–Crippen MR) is 182 cm³/mol. The summed E-state index contributed by atoms with van der Waals surface area (Å²) < 4.78 is 10.1. The second-order valence-electron chi connectivity index (χ2n) is 10.7. The molecule has 5 rings (SSSR count). The topological polar surface area (TPSA) is 217 Å². The Balaban J connectivity index is 0.000000500. The lowest BCUT2D eigenvalue weighted by atomic mass is 9.73. The number of aliphatic hydroxyl groups excluding tert-OH is 3. The third kappa shape index (κ3) is 8.95. The number of benzene rings is 2. The van der Waals surface area contributed by atoms with Crippen LogP contribution in [-0.4, -0.2) is 91.8 Å². The van der Waals surface area contributed by atoms with E-state index >= 15 is 0 Å². The second-order valence-corrected chi connectivity index (χ2v) is 10.7. The zero-order valence-corrected chi connectivity index (χ0v) is 28.8. The molecule has 0 bridgehead atoms. The molecule has 1 saturated heterocycles. The van der Waals surface area contributed by atoms with Crippen LogP contribution in [0.2, 0.25) is 0 Å². The average molecular weight is 674 g/mol. The molecule has 4 unspecified atom stereocenters. The molecule has 2 aromatic rings. The molecule has 0 radical (unpaired) electrons. The minimum absolute atomic E-state index is 0.00456. The first-order chi connectivity index (χ1) is 22.8. The molecule has 0 saturated carbocycles. The number of phenolic OH excluding ortho intramolecular Hbond substituents is 2. The first kappa shape index (κ1) is 42.1. The number of ether oxygens (including phenoxy) is 2. The molecule has 12 nitrogen and oxygen atoms in total. The van der Waals surface area contributed by atoms with Crippen molar-refractivity contribution >= 4 is 17.3 Å². The zero-order valence-electron chi connectivity index (χ0n) is 28.8. The summed E-state index contributed by atoms with van der Waals surface area (Å²) in [7, 11) is 1.35. The number of ketones is 3. The molecular weight excluding hydrogens is 622 g/mol. The van der Waals surface area contributed by atoms with Gasteiger partial charge in [-0.05, 0) is 32.8 Å². The summed E-state index contributed by atoms with van der Waals surface area (Å²) in [6.07, 6.45) is 3.55. The number of rotatable bonds is 4. The van der Waals surface area contributed by atoms with Gasteiger partial charge in [0.1, 0.15) is 29.5 Å². The fourth-order valence-electron chi connectivity index (χ4n) is 5.45. The van der Waals surface area contributed by atoms with Crippen molar-refractivity contribution in [2.45, 2.75) is 97.4 Å². The number of Topliss-reactive ketones (excluding diaryl/α,β-unsaturated/α-hetero) is 1. The lowest BCUT2D eigenvalue weighted by Gasteiger charge is -2.34. The molecule has 1 heterocycles. The van der Waals surface area contributed by atoms with Gasteiger partial charge >= 0.3 is 0 Å². The molecule has 0 spiro atoms. The van der Waals surface area contributed by atoms with Gasteiger partial charge in [-0.3, -0.25) is 14.4 Å². The van der Waals surface area contributed by atoms with Gasteiger partial charge in [-0.1, -0.05) is 64.6 Å². The summed E-state index contributed by atoms with van der Waals surface area (Å²) in [6, 6.07) is 4.11. The van der Waals surface area contributed by atoms with Crippen molar-refractivity contribution in [1.82, 2.24) is 0 Å². The minimum atomic E-state index is -1.93. The summed E-state index contributed by atoms with van der Waals surface area (Å²) >= 11 is 0. The molecule has 5 atom stereocenters. The fourth-order valence-corrected chi connectivity index (χ4v) is 5.45. The van der Waals surface area contributed by atoms with Gasteiger partial charge in [-0.15, -0.1) is 0 Å². The van der Waals surface area contributed by atoms with Crippen molar-refractivity contribution in [3.63, 3.8) is 0 Å². The number of carbonyl (C=O) groups excluding carboxylic acids is 3. The summed E-state index contributed by atoms with van der Waals surface area (Å²) in [5.74, 6) is -2.99. The Labute approximate surface area is 282 Å². The number of phenols is 2. The number of aliphatic hydroxyl groups is 4. The SMILES string of the molecule is C=C/C=C/C.CC.CC.CC1OC(O)CC(N)C1O.COc1cccc2c1C(=O)c1c(O)c3c(c(O)c1C2=O)C[C@@](O)(C(=O)CO)CC3. The van der Waals surface area contributed by atoms with Crippen LogP contribution in [0.25, 0.3) is 0 Å². The van der Waals surface area contributed by atoms with Crippen LogP contribution in [-0.2, 0) is 22.4 Å². The Hall–Kier alpha value is -3.91. The Morgan fingerprint density at radius 1 is 1.06 bits per heavy atom. The number of hydrogen-bond donors (Lipinski definition) is 7. The van der Waals surface area contributed by atoms with Crippen molar-refractivity contribution < 1.29 is 54.5 Å². The van der Waals surface area contributed by atoms with E-state index in [-0.39, 0.29) is 70.5 Å². The molecule has 266 valence electrons. The fraction of sp³-hybridized carbons (Fsp3) is 0.472. The maximum absolute atomic E-state index is 13.1. The molecular formula is C36H51NO11. The first-order valence-corrected chi connectivity index (χ1v) is 16.0. The highest BCUT2D eigenvalue weighted by atomic mass is 16.6. The number of fused-ring (bicyclic) bond motifs is 3. The van der Waals surface area contributed by atoms with Crippen molar-refractivity contribution in [2.24, 2.45) is 5.73 Å². The van der Waals surface area contributed by atoms with Crippen LogP contribution in [0.15, 0.2) is 43.0 Å². The maximum atomic E-state index is 13.1. The second kappa shape index (κ2) is 19.2. The van der Waals surface area contributed by atoms with E-state index < -0.39 is 53.5 Å².